The van der Waals surface area contributed by atoms with Gasteiger partial charge >= 0.3 is 5.97 Å². The average Bonchev–Trinajstić information content (AvgIpc) is 2.82. The maximum Gasteiger partial charge on any atom is 0.325 e. The van der Waals surface area contributed by atoms with Crippen molar-refractivity contribution in [1.82, 2.24) is 4.57 Å². The molecule has 0 radical (unpaired) electrons. The van der Waals surface area contributed by atoms with Crippen molar-refractivity contribution in [2.75, 3.05) is 12.1 Å². The number of nitrogens with zero attached hydrogens (tertiary/aromatic N) is 1. The van der Waals surface area contributed by atoms with Gasteiger partial charge in [0.05, 0.1) is 12.1 Å². The number of carbonyl (C=O) groups is 1. The largest absolute Gasteiger partial charge is 0.482 e. The van der Waals surface area contributed by atoms with Crippen molar-refractivity contribution in [3.63, 3.8) is 0 Å². The van der Waals surface area contributed by atoms with Crippen LogP contribution in [0.3, 0.4) is 0 Å². The Morgan fingerprint density at radius 1 is 1.14 bits per heavy atom. The Bertz CT molecular complexity index is 825. The molecule has 3 aromatic rings. The Balaban J connectivity index is 2.19. The van der Waals surface area contributed by atoms with Gasteiger partial charge in [0.2, 0.25) is 0 Å². The standard InChI is InChI=1S/C17H16BrNO3/c1-2-21-17(20)10-19-15-6-4-3-5-13(15)14-8-7-12(22-11-18)9-16(14)19/h3-9H,2,10-11H2,1H3. The minimum Gasteiger partial charge on any atom is -0.482 e. The van der Waals surface area contributed by atoms with Gasteiger partial charge in [-0.3, -0.25) is 4.79 Å². The Morgan fingerprint density at radius 3 is 2.68 bits per heavy atom. The molecule has 0 aliphatic carbocycles. The number of benzene rings is 2. The monoisotopic (exact) mass is 361 g/mol. The summed E-state index contributed by atoms with van der Waals surface area (Å²) >= 11 is 3.26. The van der Waals surface area contributed by atoms with Crippen LogP contribution >= 0.6 is 15.9 Å². The molecular weight excluding hydrogens is 346 g/mol. The number of hydrogen-bond acceptors (Lipinski definition) is 3. The SMILES string of the molecule is CCOC(=O)Cn1c2ccccc2c2ccc(OCBr)cc21. The predicted octanol–water partition coefficient (Wildman–Crippen LogP) is 4.09. The lowest BCUT2D eigenvalue weighted by Gasteiger charge is -2.08. The van der Waals surface area contributed by atoms with Crippen LogP contribution in [0, 0.1) is 0 Å². The number of ether oxygens (including phenoxy) is 2. The molecule has 0 amide bonds. The number of para-hydroxylation sites is 1. The third-order valence-electron chi connectivity index (χ3n) is 3.56. The number of halogens is 1. The van der Waals surface area contributed by atoms with Crippen molar-refractivity contribution in [1.29, 1.82) is 0 Å². The fraction of sp³-hybridized carbons (Fsp3) is 0.235. The molecule has 3 rings (SSSR count). The first-order valence-corrected chi connectivity index (χ1v) is 8.22. The number of alkyl halides is 1. The van der Waals surface area contributed by atoms with E-state index in [4.69, 9.17) is 9.47 Å². The molecule has 2 aromatic carbocycles. The quantitative estimate of drug-likeness (QED) is 0.507. The second kappa shape index (κ2) is 6.40. The molecule has 0 bridgehead atoms. The highest BCUT2D eigenvalue weighted by Crippen LogP contribution is 2.31. The summed E-state index contributed by atoms with van der Waals surface area (Å²) in [6.45, 7) is 2.38. The molecule has 0 fully saturated rings. The van der Waals surface area contributed by atoms with Crippen LogP contribution in [-0.4, -0.2) is 22.7 Å². The average molecular weight is 362 g/mol. The summed E-state index contributed by atoms with van der Waals surface area (Å²) in [6, 6.07) is 14.0. The van der Waals surface area contributed by atoms with Gasteiger partial charge in [-0.15, -0.1) is 0 Å². The smallest absolute Gasteiger partial charge is 0.325 e. The van der Waals surface area contributed by atoms with E-state index in [0.29, 0.717) is 12.1 Å². The van der Waals surface area contributed by atoms with Crippen molar-refractivity contribution in [2.45, 2.75) is 13.5 Å². The first-order chi connectivity index (χ1) is 10.7. The third-order valence-corrected chi connectivity index (χ3v) is 3.79. The number of hydrogen-bond donors (Lipinski definition) is 0. The maximum atomic E-state index is 11.9. The Kier molecular flexibility index (Phi) is 4.34. The molecule has 5 heteroatoms. The van der Waals surface area contributed by atoms with Crippen LogP contribution < -0.4 is 4.74 Å². The second-order valence-corrected chi connectivity index (χ2v) is 5.30. The molecule has 1 aromatic heterocycles. The zero-order valence-corrected chi connectivity index (χ0v) is 13.8. The van der Waals surface area contributed by atoms with Gasteiger partial charge in [-0.25, -0.2) is 0 Å². The lowest BCUT2D eigenvalue weighted by Crippen LogP contribution is -2.13. The summed E-state index contributed by atoms with van der Waals surface area (Å²) in [6.07, 6.45) is 0. The molecule has 0 N–H and O–H groups in total. The molecule has 114 valence electrons. The summed E-state index contributed by atoms with van der Waals surface area (Å²) in [5, 5.41) is 2.22. The van der Waals surface area contributed by atoms with Crippen molar-refractivity contribution in [3.8, 4) is 5.75 Å². The van der Waals surface area contributed by atoms with E-state index in [2.05, 4.69) is 22.0 Å². The second-order valence-electron chi connectivity index (χ2n) is 4.84. The molecule has 0 spiro atoms. The fourth-order valence-corrected chi connectivity index (χ4v) is 2.95. The minimum atomic E-state index is -0.239. The Morgan fingerprint density at radius 2 is 1.91 bits per heavy atom. The summed E-state index contributed by atoms with van der Waals surface area (Å²) in [5.41, 5.74) is 2.41. The predicted molar refractivity (Wildman–Crippen MR) is 90.5 cm³/mol. The van der Waals surface area contributed by atoms with E-state index in [1.807, 2.05) is 47.9 Å². The van der Waals surface area contributed by atoms with Gasteiger partial charge in [0, 0.05) is 22.4 Å². The number of rotatable bonds is 5. The Hall–Kier alpha value is -2.01. The zero-order chi connectivity index (χ0) is 15.5. The van der Waals surface area contributed by atoms with E-state index in [-0.39, 0.29) is 12.5 Å². The van der Waals surface area contributed by atoms with Gasteiger partial charge in [0.25, 0.3) is 0 Å². The molecule has 0 atom stereocenters. The number of fused-ring (bicyclic) bond motifs is 3. The summed E-state index contributed by atoms with van der Waals surface area (Å²) in [4.78, 5) is 11.9. The van der Waals surface area contributed by atoms with Crippen molar-refractivity contribution < 1.29 is 14.3 Å². The van der Waals surface area contributed by atoms with E-state index in [0.717, 1.165) is 27.6 Å². The van der Waals surface area contributed by atoms with Crippen LogP contribution in [-0.2, 0) is 16.1 Å². The van der Waals surface area contributed by atoms with Gasteiger partial charge in [-0.2, -0.15) is 0 Å². The van der Waals surface area contributed by atoms with Gasteiger partial charge in [0.1, 0.15) is 17.8 Å². The Labute approximate surface area is 136 Å². The lowest BCUT2D eigenvalue weighted by atomic mass is 10.1. The van der Waals surface area contributed by atoms with Crippen LogP contribution in [0.5, 0.6) is 5.75 Å². The number of carbonyl (C=O) groups excluding carboxylic acids is 1. The molecule has 22 heavy (non-hydrogen) atoms. The molecule has 4 nitrogen and oxygen atoms in total. The molecule has 0 saturated heterocycles. The molecule has 0 unspecified atom stereocenters. The van der Waals surface area contributed by atoms with Crippen LogP contribution in [0.2, 0.25) is 0 Å². The summed E-state index contributed by atoms with van der Waals surface area (Å²) < 4.78 is 12.6. The highest BCUT2D eigenvalue weighted by Gasteiger charge is 2.14. The number of esters is 1. The van der Waals surface area contributed by atoms with Crippen LogP contribution in [0.1, 0.15) is 6.92 Å². The molecule has 0 saturated carbocycles. The highest BCUT2D eigenvalue weighted by molar-refractivity contribution is 9.09. The topological polar surface area (TPSA) is 40.5 Å². The van der Waals surface area contributed by atoms with Gasteiger partial charge in [-0.1, -0.05) is 18.2 Å². The van der Waals surface area contributed by atoms with Crippen LogP contribution in [0.4, 0.5) is 0 Å². The maximum absolute atomic E-state index is 11.9. The number of aromatic nitrogens is 1. The molecular formula is C17H16BrNO3. The van der Waals surface area contributed by atoms with Crippen molar-refractivity contribution in [2.24, 2.45) is 0 Å². The van der Waals surface area contributed by atoms with E-state index in [1.54, 1.807) is 0 Å². The third kappa shape index (κ3) is 2.68. The van der Waals surface area contributed by atoms with E-state index in [9.17, 15) is 4.79 Å². The highest BCUT2D eigenvalue weighted by atomic mass is 79.9. The zero-order valence-electron chi connectivity index (χ0n) is 12.2. The summed E-state index contributed by atoms with van der Waals surface area (Å²) in [5.74, 6) is 0.522. The summed E-state index contributed by atoms with van der Waals surface area (Å²) in [7, 11) is 0. The molecule has 1 heterocycles. The first-order valence-electron chi connectivity index (χ1n) is 7.10. The van der Waals surface area contributed by atoms with Crippen molar-refractivity contribution >= 4 is 43.7 Å². The van der Waals surface area contributed by atoms with Crippen molar-refractivity contribution in [3.05, 3.63) is 42.5 Å². The lowest BCUT2D eigenvalue weighted by molar-refractivity contribution is -0.143. The molecule has 0 aliphatic heterocycles. The van der Waals surface area contributed by atoms with Gasteiger partial charge in [0.15, 0.2) is 0 Å². The van der Waals surface area contributed by atoms with Gasteiger partial charge in [-0.05, 0) is 41.1 Å². The normalized spacial score (nSPS) is 11.0. The van der Waals surface area contributed by atoms with E-state index in [1.165, 1.54) is 0 Å². The minimum absolute atomic E-state index is 0.190. The van der Waals surface area contributed by atoms with E-state index >= 15 is 0 Å². The van der Waals surface area contributed by atoms with Gasteiger partial charge < -0.3 is 14.0 Å². The van der Waals surface area contributed by atoms with Crippen LogP contribution in [0.15, 0.2) is 42.5 Å². The van der Waals surface area contributed by atoms with E-state index < -0.39 is 0 Å². The first kappa shape index (κ1) is 14.9. The van der Waals surface area contributed by atoms with Crippen LogP contribution in [0.25, 0.3) is 21.8 Å². The fourth-order valence-electron chi connectivity index (χ4n) is 2.69. The molecule has 0 aliphatic rings.